The highest BCUT2D eigenvalue weighted by Gasteiger charge is 2.24. The second-order valence-electron chi connectivity index (χ2n) is 4.54. The third kappa shape index (κ3) is 3.51. The highest BCUT2D eigenvalue weighted by atomic mass is 79.9. The van der Waals surface area contributed by atoms with E-state index in [0.29, 0.717) is 10.0 Å². The van der Waals surface area contributed by atoms with Crippen molar-refractivity contribution in [1.82, 2.24) is 9.29 Å². The van der Waals surface area contributed by atoms with Gasteiger partial charge < -0.3 is 5.11 Å². The number of hydrogen-bond donors (Lipinski definition) is 1. The van der Waals surface area contributed by atoms with Crippen LogP contribution in [0.25, 0.3) is 0 Å². The lowest BCUT2D eigenvalue weighted by Crippen LogP contribution is -2.26. The average molecular weight is 391 g/mol. The van der Waals surface area contributed by atoms with E-state index in [9.17, 15) is 13.5 Å². The number of aromatic nitrogens is 1. The highest BCUT2D eigenvalue weighted by molar-refractivity contribution is 9.10. The summed E-state index contributed by atoms with van der Waals surface area (Å²) in [5.74, 6) is 0. The molecule has 1 aromatic heterocycles. The van der Waals surface area contributed by atoms with Crippen LogP contribution in [-0.2, 0) is 23.2 Å². The standard InChI is InChI=1S/C13H15BrN2O3S2/c1-9-12(20-8-15-9)6-16(2)21(18,19)13-5-10(7-17)3-4-11(13)14/h3-5,8,17H,6-7H2,1-2H3. The maximum absolute atomic E-state index is 12.7. The van der Waals surface area contributed by atoms with Gasteiger partial charge >= 0.3 is 0 Å². The molecule has 0 amide bonds. The Balaban J connectivity index is 2.35. The van der Waals surface area contributed by atoms with Gasteiger partial charge in [-0.25, -0.2) is 13.4 Å². The van der Waals surface area contributed by atoms with Crippen molar-refractivity contribution in [3.63, 3.8) is 0 Å². The number of hydrogen-bond acceptors (Lipinski definition) is 5. The molecule has 21 heavy (non-hydrogen) atoms. The molecule has 2 rings (SSSR count). The van der Waals surface area contributed by atoms with Crippen LogP contribution in [0.15, 0.2) is 33.1 Å². The summed E-state index contributed by atoms with van der Waals surface area (Å²) in [6, 6.07) is 4.79. The fourth-order valence-corrected chi connectivity index (χ4v) is 4.80. The van der Waals surface area contributed by atoms with Gasteiger partial charge in [0.05, 0.1) is 22.7 Å². The van der Waals surface area contributed by atoms with E-state index in [2.05, 4.69) is 20.9 Å². The quantitative estimate of drug-likeness (QED) is 0.851. The Bertz CT molecular complexity index is 744. The largest absolute Gasteiger partial charge is 0.392 e. The minimum atomic E-state index is -3.64. The van der Waals surface area contributed by atoms with Gasteiger partial charge in [0.25, 0.3) is 0 Å². The van der Waals surface area contributed by atoms with Gasteiger partial charge in [-0.2, -0.15) is 4.31 Å². The molecule has 1 aromatic carbocycles. The number of thiazole rings is 1. The van der Waals surface area contributed by atoms with Gasteiger partial charge in [-0.3, -0.25) is 0 Å². The number of sulfonamides is 1. The zero-order valence-electron chi connectivity index (χ0n) is 11.6. The maximum Gasteiger partial charge on any atom is 0.244 e. The summed E-state index contributed by atoms with van der Waals surface area (Å²) in [5, 5.41) is 9.17. The number of nitrogens with zero attached hydrogens (tertiary/aromatic N) is 2. The Morgan fingerprint density at radius 1 is 1.43 bits per heavy atom. The van der Waals surface area contributed by atoms with Crippen molar-refractivity contribution in [2.45, 2.75) is 25.0 Å². The van der Waals surface area contributed by atoms with Gasteiger partial charge in [0.2, 0.25) is 10.0 Å². The lowest BCUT2D eigenvalue weighted by Gasteiger charge is -2.18. The van der Waals surface area contributed by atoms with E-state index in [-0.39, 0.29) is 18.0 Å². The first kappa shape index (κ1) is 16.6. The third-order valence-electron chi connectivity index (χ3n) is 3.08. The molecule has 1 N–H and O–H groups in total. The molecule has 0 aliphatic rings. The predicted molar refractivity (Wildman–Crippen MR) is 85.6 cm³/mol. The van der Waals surface area contributed by atoms with Crippen LogP contribution < -0.4 is 0 Å². The molecule has 0 radical (unpaired) electrons. The Labute approximate surface area is 136 Å². The fourth-order valence-electron chi connectivity index (χ4n) is 1.78. The van der Waals surface area contributed by atoms with Gasteiger partial charge in [0.1, 0.15) is 0 Å². The van der Waals surface area contributed by atoms with Gasteiger partial charge in [0, 0.05) is 22.9 Å². The van der Waals surface area contributed by atoms with Crippen LogP contribution in [0.5, 0.6) is 0 Å². The normalized spacial score (nSPS) is 12.0. The topological polar surface area (TPSA) is 70.5 Å². The molecule has 5 nitrogen and oxygen atoms in total. The second-order valence-corrected chi connectivity index (χ2v) is 8.35. The van der Waals surface area contributed by atoms with Crippen LogP contribution in [0.3, 0.4) is 0 Å². The summed E-state index contributed by atoms with van der Waals surface area (Å²) in [7, 11) is -2.11. The number of aryl methyl sites for hydroxylation is 1. The summed E-state index contributed by atoms with van der Waals surface area (Å²) in [6.07, 6.45) is 0. The first-order chi connectivity index (χ1) is 9.86. The number of halogens is 1. The minimum Gasteiger partial charge on any atom is -0.392 e. The Kier molecular flexibility index (Phi) is 5.15. The molecule has 0 unspecified atom stereocenters. The van der Waals surface area contributed by atoms with Crippen LogP contribution >= 0.6 is 27.3 Å². The Morgan fingerprint density at radius 2 is 2.14 bits per heavy atom. The van der Waals surface area contributed by atoms with Crippen molar-refractivity contribution in [2.75, 3.05) is 7.05 Å². The maximum atomic E-state index is 12.7. The van der Waals surface area contributed by atoms with Crippen molar-refractivity contribution in [3.05, 3.63) is 44.3 Å². The van der Waals surface area contributed by atoms with Gasteiger partial charge in [0.15, 0.2) is 0 Å². The number of aliphatic hydroxyl groups is 1. The fraction of sp³-hybridized carbons (Fsp3) is 0.308. The summed E-state index contributed by atoms with van der Waals surface area (Å²) < 4.78 is 27.1. The number of aliphatic hydroxyl groups excluding tert-OH is 1. The zero-order chi connectivity index (χ0) is 15.6. The molecule has 0 aliphatic heterocycles. The van der Waals surface area contributed by atoms with Crippen molar-refractivity contribution >= 4 is 37.3 Å². The molecule has 2 aromatic rings. The molecule has 0 spiro atoms. The molecule has 1 heterocycles. The number of rotatable bonds is 5. The first-order valence-electron chi connectivity index (χ1n) is 6.11. The van der Waals surface area contributed by atoms with Crippen molar-refractivity contribution in [3.8, 4) is 0 Å². The lowest BCUT2D eigenvalue weighted by atomic mass is 10.2. The Morgan fingerprint density at radius 3 is 2.71 bits per heavy atom. The molecule has 114 valence electrons. The lowest BCUT2D eigenvalue weighted by molar-refractivity contribution is 0.281. The highest BCUT2D eigenvalue weighted by Crippen LogP contribution is 2.27. The van der Waals surface area contributed by atoms with Gasteiger partial charge in [-0.05, 0) is 40.5 Å². The summed E-state index contributed by atoms with van der Waals surface area (Å²) in [5.41, 5.74) is 3.09. The van der Waals surface area contributed by atoms with E-state index >= 15 is 0 Å². The molecule has 8 heteroatoms. The predicted octanol–water partition coefficient (Wildman–Crippen LogP) is 2.53. The smallest absolute Gasteiger partial charge is 0.244 e. The SMILES string of the molecule is Cc1ncsc1CN(C)S(=O)(=O)c1cc(CO)ccc1Br. The second kappa shape index (κ2) is 6.53. The van der Waals surface area contributed by atoms with E-state index in [1.165, 1.54) is 28.8 Å². The van der Waals surface area contributed by atoms with E-state index in [0.717, 1.165) is 10.6 Å². The van der Waals surface area contributed by atoms with Crippen LogP contribution in [0.2, 0.25) is 0 Å². The monoisotopic (exact) mass is 390 g/mol. The average Bonchev–Trinajstić information content (AvgIpc) is 2.84. The van der Waals surface area contributed by atoms with Gasteiger partial charge in [-0.1, -0.05) is 6.07 Å². The molecule has 0 saturated carbocycles. The van der Waals surface area contributed by atoms with Crippen molar-refractivity contribution < 1.29 is 13.5 Å². The van der Waals surface area contributed by atoms with Crippen molar-refractivity contribution in [2.24, 2.45) is 0 Å². The van der Waals surface area contributed by atoms with Gasteiger partial charge in [-0.15, -0.1) is 11.3 Å². The minimum absolute atomic E-state index is 0.152. The van der Waals surface area contributed by atoms with Crippen LogP contribution in [0.4, 0.5) is 0 Å². The zero-order valence-corrected chi connectivity index (χ0v) is 14.8. The van der Waals surface area contributed by atoms with E-state index in [1.807, 2.05) is 6.92 Å². The third-order valence-corrected chi connectivity index (χ3v) is 6.79. The summed E-state index contributed by atoms with van der Waals surface area (Å²) in [4.78, 5) is 5.19. The Hall–Kier alpha value is -0.800. The molecule has 0 saturated heterocycles. The summed E-state index contributed by atoms with van der Waals surface area (Å²) in [6.45, 7) is 1.93. The molecular formula is C13H15BrN2O3S2. The first-order valence-corrected chi connectivity index (χ1v) is 9.22. The van der Waals surface area contributed by atoms with Crippen LogP contribution in [0, 0.1) is 6.92 Å². The van der Waals surface area contributed by atoms with Crippen molar-refractivity contribution in [1.29, 1.82) is 0 Å². The van der Waals surface area contributed by atoms with E-state index in [1.54, 1.807) is 17.6 Å². The summed E-state index contributed by atoms with van der Waals surface area (Å²) >= 11 is 4.69. The van der Waals surface area contributed by atoms with E-state index < -0.39 is 10.0 Å². The molecule has 0 bridgehead atoms. The van der Waals surface area contributed by atoms with E-state index in [4.69, 9.17) is 0 Å². The van der Waals surface area contributed by atoms with Crippen LogP contribution in [-0.4, -0.2) is 29.9 Å². The van der Waals surface area contributed by atoms with Crippen LogP contribution in [0.1, 0.15) is 16.1 Å². The molecular weight excluding hydrogens is 376 g/mol. The molecule has 0 aliphatic carbocycles. The molecule has 0 atom stereocenters. The molecule has 0 fully saturated rings. The number of benzene rings is 1.